The second-order valence-corrected chi connectivity index (χ2v) is 6.23. The minimum absolute atomic E-state index is 0.886. The highest BCUT2D eigenvalue weighted by Crippen LogP contribution is 2.33. The van der Waals surface area contributed by atoms with Crippen molar-refractivity contribution in [2.24, 2.45) is 7.05 Å². The van der Waals surface area contributed by atoms with E-state index in [1.807, 2.05) is 24.3 Å². The highest BCUT2D eigenvalue weighted by atomic mass is 16.3. The number of aryl methyl sites for hydroxylation is 1. The molecule has 114 valence electrons. The molecule has 0 spiro atoms. The molecule has 24 heavy (non-hydrogen) atoms. The zero-order valence-corrected chi connectivity index (χ0v) is 13.0. The van der Waals surface area contributed by atoms with Gasteiger partial charge in [0.15, 0.2) is 0 Å². The maximum Gasteiger partial charge on any atom is 0.215 e. The molecule has 3 aromatic heterocycles. The van der Waals surface area contributed by atoms with E-state index in [4.69, 9.17) is 9.40 Å². The van der Waals surface area contributed by atoms with E-state index in [9.17, 15) is 0 Å². The van der Waals surface area contributed by atoms with Crippen LogP contribution in [0.4, 0.5) is 0 Å². The molecule has 4 heteroatoms. The number of hydrogen-bond donors (Lipinski definition) is 0. The lowest BCUT2D eigenvalue weighted by Crippen LogP contribution is -1.87. The molecule has 0 saturated heterocycles. The molecule has 0 unspecified atom stereocenters. The molecule has 0 aliphatic rings. The summed E-state index contributed by atoms with van der Waals surface area (Å²) in [6.45, 7) is 0. The van der Waals surface area contributed by atoms with Gasteiger partial charge >= 0.3 is 0 Å². The molecule has 0 amide bonds. The molecular formula is C20H13N3O. The highest BCUT2D eigenvalue weighted by molar-refractivity contribution is 6.09. The smallest absolute Gasteiger partial charge is 0.215 e. The second-order valence-electron chi connectivity index (χ2n) is 6.23. The van der Waals surface area contributed by atoms with E-state index < -0.39 is 0 Å². The van der Waals surface area contributed by atoms with E-state index in [0.717, 1.165) is 38.7 Å². The van der Waals surface area contributed by atoms with E-state index in [1.165, 1.54) is 11.0 Å². The Labute approximate surface area is 136 Å². The van der Waals surface area contributed by atoms with E-state index in [2.05, 4.69) is 52.4 Å². The van der Waals surface area contributed by atoms with Crippen molar-refractivity contribution >= 4 is 49.8 Å². The lowest BCUT2D eigenvalue weighted by Gasteiger charge is -1.96. The average Bonchev–Trinajstić information content (AvgIpc) is 3.24. The van der Waals surface area contributed by atoms with Gasteiger partial charge < -0.3 is 8.98 Å². The summed E-state index contributed by atoms with van der Waals surface area (Å²) < 4.78 is 10.4. The van der Waals surface area contributed by atoms with Crippen molar-refractivity contribution in [1.29, 1.82) is 0 Å². The average molecular weight is 311 g/mol. The van der Waals surface area contributed by atoms with Gasteiger partial charge in [0.05, 0.1) is 22.1 Å². The Bertz CT molecular complexity index is 1410. The molecule has 0 N–H and O–H groups in total. The third kappa shape index (κ3) is 1.32. The number of para-hydroxylation sites is 3. The van der Waals surface area contributed by atoms with Crippen LogP contribution in [-0.2, 0) is 7.05 Å². The fourth-order valence-corrected chi connectivity index (χ4v) is 3.79. The third-order valence-corrected chi connectivity index (χ3v) is 4.92. The second kappa shape index (κ2) is 3.97. The Morgan fingerprint density at radius 3 is 2.50 bits per heavy atom. The zero-order chi connectivity index (χ0) is 15.8. The predicted octanol–water partition coefficient (Wildman–Crippen LogP) is 4.88. The molecule has 6 aromatic rings. The van der Waals surface area contributed by atoms with Crippen molar-refractivity contribution in [1.82, 2.24) is 14.0 Å². The summed E-state index contributed by atoms with van der Waals surface area (Å²) in [7, 11) is 2.06. The first-order chi connectivity index (χ1) is 11.8. The first kappa shape index (κ1) is 12.2. The number of hydrogen-bond acceptors (Lipinski definition) is 2. The minimum Gasteiger partial charge on any atom is -0.456 e. The molecule has 0 radical (unpaired) electrons. The zero-order valence-electron chi connectivity index (χ0n) is 13.0. The van der Waals surface area contributed by atoms with Crippen molar-refractivity contribution in [3.8, 4) is 0 Å². The Balaban J connectivity index is 1.89. The summed E-state index contributed by atoms with van der Waals surface area (Å²) in [6.07, 6.45) is 0. The van der Waals surface area contributed by atoms with Gasteiger partial charge in [-0.25, -0.2) is 4.98 Å². The van der Waals surface area contributed by atoms with Crippen LogP contribution in [0.3, 0.4) is 0 Å². The van der Waals surface area contributed by atoms with Crippen LogP contribution in [0.15, 0.2) is 65.1 Å². The fraction of sp³-hybridized carbons (Fsp3) is 0.0500. The Hall–Kier alpha value is -3.27. The Kier molecular flexibility index (Phi) is 2.02. The van der Waals surface area contributed by atoms with Gasteiger partial charge in [-0.3, -0.25) is 4.40 Å². The van der Waals surface area contributed by atoms with Crippen molar-refractivity contribution in [3.63, 3.8) is 0 Å². The number of nitrogens with zero attached hydrogens (tertiary/aromatic N) is 3. The summed E-state index contributed by atoms with van der Waals surface area (Å²) in [4.78, 5) is 4.84. The van der Waals surface area contributed by atoms with Crippen LogP contribution in [0.2, 0.25) is 0 Å². The topological polar surface area (TPSA) is 35.4 Å². The molecule has 0 aliphatic heterocycles. The number of aromatic nitrogens is 3. The summed E-state index contributed by atoms with van der Waals surface area (Å²) in [5.41, 5.74) is 6.22. The van der Waals surface area contributed by atoms with Crippen LogP contribution < -0.4 is 0 Å². The molecule has 0 aliphatic carbocycles. The standard InChI is InChI=1S/C20H13N3O/c1-22-15-7-3-4-8-16(15)23-17-10-13-12-6-2-5-9-18(12)24-19(13)11-14(17)21-20(22)23/h2-11H,1H3. The van der Waals surface area contributed by atoms with Crippen LogP contribution in [0.1, 0.15) is 0 Å². The van der Waals surface area contributed by atoms with E-state index >= 15 is 0 Å². The van der Waals surface area contributed by atoms with Crippen LogP contribution in [0, 0.1) is 0 Å². The van der Waals surface area contributed by atoms with Crippen molar-refractivity contribution < 1.29 is 4.42 Å². The first-order valence-corrected chi connectivity index (χ1v) is 7.98. The van der Waals surface area contributed by atoms with Gasteiger partial charge in [0.2, 0.25) is 5.78 Å². The van der Waals surface area contributed by atoms with Gasteiger partial charge in [-0.05, 0) is 24.3 Å². The minimum atomic E-state index is 0.886. The SMILES string of the molecule is Cn1c2ccccc2n2c3cc4c(cc3nc12)oc1ccccc14. The third-order valence-electron chi connectivity index (χ3n) is 4.92. The van der Waals surface area contributed by atoms with E-state index in [0.29, 0.717) is 0 Å². The molecule has 0 bridgehead atoms. The van der Waals surface area contributed by atoms with Crippen LogP contribution in [-0.4, -0.2) is 14.0 Å². The fourth-order valence-electron chi connectivity index (χ4n) is 3.79. The lowest BCUT2D eigenvalue weighted by molar-refractivity contribution is 0.669. The molecule has 3 aromatic carbocycles. The largest absolute Gasteiger partial charge is 0.456 e. The van der Waals surface area contributed by atoms with Crippen molar-refractivity contribution in [2.45, 2.75) is 0 Å². The number of furan rings is 1. The maximum absolute atomic E-state index is 5.99. The normalized spacial score (nSPS) is 12.4. The molecule has 0 saturated carbocycles. The molecule has 6 rings (SSSR count). The summed E-state index contributed by atoms with van der Waals surface area (Å²) >= 11 is 0. The molecule has 0 atom stereocenters. The van der Waals surface area contributed by atoms with Gasteiger partial charge in [0.25, 0.3) is 0 Å². The van der Waals surface area contributed by atoms with Gasteiger partial charge in [-0.2, -0.15) is 0 Å². The quantitative estimate of drug-likeness (QED) is 0.401. The lowest BCUT2D eigenvalue weighted by atomic mass is 10.1. The first-order valence-electron chi connectivity index (χ1n) is 7.98. The van der Waals surface area contributed by atoms with Gasteiger partial charge in [0.1, 0.15) is 11.2 Å². The van der Waals surface area contributed by atoms with Gasteiger partial charge in [-0.15, -0.1) is 0 Å². The Morgan fingerprint density at radius 1 is 0.792 bits per heavy atom. The Morgan fingerprint density at radius 2 is 1.58 bits per heavy atom. The monoisotopic (exact) mass is 311 g/mol. The highest BCUT2D eigenvalue weighted by Gasteiger charge is 2.16. The van der Waals surface area contributed by atoms with E-state index in [1.54, 1.807) is 0 Å². The number of benzene rings is 3. The number of rotatable bonds is 0. The number of imidazole rings is 2. The van der Waals surface area contributed by atoms with Crippen LogP contribution in [0.25, 0.3) is 49.8 Å². The molecule has 4 nitrogen and oxygen atoms in total. The van der Waals surface area contributed by atoms with Crippen LogP contribution in [0.5, 0.6) is 0 Å². The van der Waals surface area contributed by atoms with Crippen molar-refractivity contribution in [2.75, 3.05) is 0 Å². The van der Waals surface area contributed by atoms with Gasteiger partial charge in [0, 0.05) is 23.9 Å². The van der Waals surface area contributed by atoms with Crippen molar-refractivity contribution in [3.05, 3.63) is 60.7 Å². The maximum atomic E-state index is 5.99. The predicted molar refractivity (Wildman–Crippen MR) is 96.5 cm³/mol. The van der Waals surface area contributed by atoms with Gasteiger partial charge in [-0.1, -0.05) is 30.3 Å². The summed E-state index contributed by atoms with van der Waals surface area (Å²) in [5, 5.41) is 2.28. The molecule has 3 heterocycles. The van der Waals surface area contributed by atoms with E-state index in [-0.39, 0.29) is 0 Å². The summed E-state index contributed by atoms with van der Waals surface area (Å²) in [5.74, 6) is 0.947. The van der Waals surface area contributed by atoms with Crippen LogP contribution >= 0.6 is 0 Å². The molecular weight excluding hydrogens is 298 g/mol. The summed E-state index contributed by atoms with van der Waals surface area (Å²) in [6, 6.07) is 20.8. The number of fused-ring (bicyclic) bond motifs is 8. The molecule has 0 fully saturated rings.